The van der Waals surface area contributed by atoms with Crippen LogP contribution in [0.25, 0.3) is 0 Å². The van der Waals surface area contributed by atoms with Gasteiger partial charge in [0.05, 0.1) is 0 Å². The SMILES string of the molecule is CCNCCN(CCCN)CCCN. The minimum Gasteiger partial charge on any atom is -0.330 e. The van der Waals surface area contributed by atoms with Gasteiger partial charge in [-0.15, -0.1) is 0 Å². The monoisotopic (exact) mass is 202 g/mol. The summed E-state index contributed by atoms with van der Waals surface area (Å²) in [5, 5.41) is 3.33. The standard InChI is InChI=1S/C10H26N4/c1-2-13-7-10-14(8-3-5-11)9-4-6-12/h13H,2-12H2,1H3. The number of rotatable bonds is 10. The van der Waals surface area contributed by atoms with Crippen molar-refractivity contribution in [2.24, 2.45) is 11.5 Å². The average Bonchev–Trinajstić information content (AvgIpc) is 2.21. The molecule has 0 aromatic carbocycles. The smallest absolute Gasteiger partial charge is 0.0107 e. The van der Waals surface area contributed by atoms with Gasteiger partial charge in [-0.2, -0.15) is 0 Å². The van der Waals surface area contributed by atoms with Crippen LogP contribution in [0.4, 0.5) is 0 Å². The van der Waals surface area contributed by atoms with Gasteiger partial charge in [0.25, 0.3) is 0 Å². The van der Waals surface area contributed by atoms with Crippen molar-refractivity contribution >= 4 is 0 Å². The predicted molar refractivity (Wildman–Crippen MR) is 62.3 cm³/mol. The minimum absolute atomic E-state index is 0.778. The van der Waals surface area contributed by atoms with Crippen molar-refractivity contribution in [1.29, 1.82) is 0 Å². The Bertz CT molecular complexity index is 100. The fraction of sp³-hybridized carbons (Fsp3) is 1.00. The molecule has 0 aliphatic carbocycles. The van der Waals surface area contributed by atoms with Crippen LogP contribution < -0.4 is 16.8 Å². The molecule has 0 atom stereocenters. The normalized spacial score (nSPS) is 11.1. The zero-order valence-corrected chi connectivity index (χ0v) is 9.47. The van der Waals surface area contributed by atoms with E-state index in [0.29, 0.717) is 0 Å². The summed E-state index contributed by atoms with van der Waals surface area (Å²) < 4.78 is 0. The highest BCUT2D eigenvalue weighted by Gasteiger charge is 2.02. The topological polar surface area (TPSA) is 67.3 Å². The molecule has 0 spiro atoms. The van der Waals surface area contributed by atoms with Crippen molar-refractivity contribution in [3.8, 4) is 0 Å². The number of likely N-dealkylation sites (N-methyl/N-ethyl adjacent to an activating group) is 1. The summed E-state index contributed by atoms with van der Waals surface area (Å²) >= 11 is 0. The maximum absolute atomic E-state index is 5.49. The largest absolute Gasteiger partial charge is 0.330 e. The molecule has 0 aromatic heterocycles. The number of hydrogen-bond acceptors (Lipinski definition) is 4. The Hall–Kier alpha value is -0.160. The lowest BCUT2D eigenvalue weighted by Crippen LogP contribution is -2.35. The summed E-state index contributed by atoms with van der Waals surface area (Å²) in [6, 6.07) is 0. The lowest BCUT2D eigenvalue weighted by atomic mass is 10.3. The molecular formula is C10H26N4. The molecule has 0 aromatic rings. The zero-order valence-electron chi connectivity index (χ0n) is 9.47. The Morgan fingerprint density at radius 1 is 1.00 bits per heavy atom. The molecule has 0 radical (unpaired) electrons. The van der Waals surface area contributed by atoms with E-state index in [1.165, 1.54) is 0 Å². The fourth-order valence-corrected chi connectivity index (χ4v) is 1.38. The molecular weight excluding hydrogens is 176 g/mol. The first-order valence-corrected chi connectivity index (χ1v) is 5.68. The summed E-state index contributed by atoms with van der Waals surface area (Å²) in [5.74, 6) is 0. The number of nitrogens with two attached hydrogens (primary N) is 2. The van der Waals surface area contributed by atoms with Gasteiger partial charge >= 0.3 is 0 Å². The van der Waals surface area contributed by atoms with E-state index in [0.717, 1.165) is 58.7 Å². The molecule has 0 amide bonds. The van der Waals surface area contributed by atoms with Gasteiger partial charge in [-0.3, -0.25) is 0 Å². The van der Waals surface area contributed by atoms with Gasteiger partial charge in [0, 0.05) is 13.1 Å². The summed E-state index contributed by atoms with van der Waals surface area (Å²) in [6.45, 7) is 9.09. The minimum atomic E-state index is 0.778. The van der Waals surface area contributed by atoms with Crippen LogP contribution in [-0.4, -0.2) is 50.7 Å². The highest BCUT2D eigenvalue weighted by molar-refractivity contribution is 4.60. The van der Waals surface area contributed by atoms with E-state index in [1.54, 1.807) is 0 Å². The maximum Gasteiger partial charge on any atom is 0.0107 e. The van der Waals surface area contributed by atoms with E-state index in [9.17, 15) is 0 Å². The highest BCUT2D eigenvalue weighted by Crippen LogP contribution is 1.92. The van der Waals surface area contributed by atoms with Crippen LogP contribution in [0.3, 0.4) is 0 Å². The summed E-state index contributed by atoms with van der Waals surface area (Å²) in [6.07, 6.45) is 2.16. The van der Waals surface area contributed by atoms with Gasteiger partial charge in [0.2, 0.25) is 0 Å². The zero-order chi connectivity index (χ0) is 10.6. The van der Waals surface area contributed by atoms with E-state index >= 15 is 0 Å². The molecule has 14 heavy (non-hydrogen) atoms. The summed E-state index contributed by atoms with van der Waals surface area (Å²) in [7, 11) is 0. The van der Waals surface area contributed by atoms with Gasteiger partial charge < -0.3 is 21.7 Å². The Morgan fingerprint density at radius 3 is 2.00 bits per heavy atom. The number of hydrogen-bond donors (Lipinski definition) is 3. The first kappa shape index (κ1) is 13.8. The van der Waals surface area contributed by atoms with E-state index in [2.05, 4.69) is 17.1 Å². The Balaban J connectivity index is 3.49. The molecule has 0 unspecified atom stereocenters. The van der Waals surface area contributed by atoms with Crippen LogP contribution in [0.15, 0.2) is 0 Å². The first-order valence-electron chi connectivity index (χ1n) is 5.68. The van der Waals surface area contributed by atoms with Crippen molar-refractivity contribution in [2.45, 2.75) is 19.8 Å². The Labute approximate surface area is 88.0 Å². The summed E-state index contributed by atoms with van der Waals surface area (Å²) in [4.78, 5) is 2.43. The molecule has 0 saturated carbocycles. The molecule has 0 heterocycles. The summed E-state index contributed by atoms with van der Waals surface area (Å²) in [5.41, 5.74) is 11.0. The Morgan fingerprint density at radius 2 is 1.57 bits per heavy atom. The van der Waals surface area contributed by atoms with Gasteiger partial charge in [0.15, 0.2) is 0 Å². The molecule has 0 fully saturated rings. The van der Waals surface area contributed by atoms with Crippen LogP contribution in [0.5, 0.6) is 0 Å². The van der Waals surface area contributed by atoms with Crippen molar-refractivity contribution in [3.05, 3.63) is 0 Å². The van der Waals surface area contributed by atoms with Crippen LogP contribution in [0, 0.1) is 0 Å². The van der Waals surface area contributed by atoms with E-state index < -0.39 is 0 Å². The van der Waals surface area contributed by atoms with Crippen LogP contribution in [0.1, 0.15) is 19.8 Å². The van der Waals surface area contributed by atoms with Gasteiger partial charge in [-0.25, -0.2) is 0 Å². The molecule has 86 valence electrons. The van der Waals surface area contributed by atoms with Crippen molar-refractivity contribution in [1.82, 2.24) is 10.2 Å². The first-order chi connectivity index (χ1) is 6.85. The van der Waals surface area contributed by atoms with Crippen molar-refractivity contribution in [3.63, 3.8) is 0 Å². The van der Waals surface area contributed by atoms with Crippen LogP contribution >= 0.6 is 0 Å². The Kier molecular flexibility index (Phi) is 10.8. The van der Waals surface area contributed by atoms with Gasteiger partial charge in [-0.1, -0.05) is 6.92 Å². The van der Waals surface area contributed by atoms with Crippen LogP contribution in [-0.2, 0) is 0 Å². The maximum atomic E-state index is 5.49. The van der Waals surface area contributed by atoms with E-state index in [1.807, 2.05) is 0 Å². The van der Waals surface area contributed by atoms with Gasteiger partial charge in [-0.05, 0) is 45.6 Å². The molecule has 0 bridgehead atoms. The predicted octanol–water partition coefficient (Wildman–Crippen LogP) is -0.404. The number of nitrogens with zero attached hydrogens (tertiary/aromatic N) is 1. The van der Waals surface area contributed by atoms with Crippen molar-refractivity contribution in [2.75, 3.05) is 45.8 Å². The molecule has 4 heteroatoms. The third-order valence-electron chi connectivity index (χ3n) is 2.21. The molecule has 4 nitrogen and oxygen atoms in total. The molecule has 0 rings (SSSR count). The van der Waals surface area contributed by atoms with Crippen LogP contribution in [0.2, 0.25) is 0 Å². The lowest BCUT2D eigenvalue weighted by molar-refractivity contribution is 0.270. The number of nitrogens with one attached hydrogen (secondary N) is 1. The van der Waals surface area contributed by atoms with Gasteiger partial charge in [0.1, 0.15) is 0 Å². The molecule has 5 N–H and O–H groups in total. The molecule has 0 aliphatic rings. The molecule has 0 saturated heterocycles. The fourth-order valence-electron chi connectivity index (χ4n) is 1.38. The third kappa shape index (κ3) is 8.44. The second-order valence-corrected chi connectivity index (χ2v) is 3.48. The third-order valence-corrected chi connectivity index (χ3v) is 2.21. The van der Waals surface area contributed by atoms with Crippen molar-refractivity contribution < 1.29 is 0 Å². The van der Waals surface area contributed by atoms with E-state index in [-0.39, 0.29) is 0 Å². The second-order valence-electron chi connectivity index (χ2n) is 3.48. The highest BCUT2D eigenvalue weighted by atomic mass is 15.1. The lowest BCUT2D eigenvalue weighted by Gasteiger charge is -2.21. The second kappa shape index (κ2) is 10.9. The van der Waals surface area contributed by atoms with E-state index in [4.69, 9.17) is 11.5 Å². The quantitative estimate of drug-likeness (QED) is 0.422. The molecule has 0 aliphatic heterocycles. The average molecular weight is 202 g/mol.